The largest absolute Gasteiger partial charge is 0.487 e. The van der Waals surface area contributed by atoms with Crippen LogP contribution in [0.3, 0.4) is 0 Å². The quantitative estimate of drug-likeness (QED) is 0.522. The molecule has 0 spiro atoms. The van der Waals surface area contributed by atoms with Crippen LogP contribution in [0.15, 0.2) is 24.5 Å². The summed E-state index contributed by atoms with van der Waals surface area (Å²) in [6.45, 7) is 3.78. The molecule has 1 aliphatic carbocycles. The zero-order valence-corrected chi connectivity index (χ0v) is 22.3. The number of likely N-dealkylation sites (tertiary alicyclic amines) is 1. The van der Waals surface area contributed by atoms with Crippen LogP contribution in [-0.2, 0) is 0 Å². The topological polar surface area (TPSA) is 99.1 Å². The second kappa shape index (κ2) is 11.2. The Hall–Kier alpha value is -3.34. The zero-order valence-electron chi connectivity index (χ0n) is 22.3. The number of amides is 2. The highest BCUT2D eigenvalue weighted by atomic mass is 19.1. The summed E-state index contributed by atoms with van der Waals surface area (Å²) in [6, 6.07) is 2.20. The Morgan fingerprint density at radius 2 is 1.74 bits per heavy atom. The fourth-order valence-electron chi connectivity index (χ4n) is 4.89. The summed E-state index contributed by atoms with van der Waals surface area (Å²) in [5.74, 6) is -2.50. The average molecular weight is 532 g/mol. The first-order valence-electron chi connectivity index (χ1n) is 12.8. The molecule has 2 unspecified atom stereocenters. The smallest absolute Gasteiger partial charge is 0.407 e. The van der Waals surface area contributed by atoms with Crippen molar-refractivity contribution >= 4 is 12.0 Å². The molecule has 2 fully saturated rings. The molecule has 38 heavy (non-hydrogen) atoms. The number of halogens is 2. The van der Waals surface area contributed by atoms with Crippen LogP contribution in [0.25, 0.3) is 11.1 Å². The maximum Gasteiger partial charge on any atom is 0.407 e. The molecular weight excluding hydrogens is 496 g/mol. The summed E-state index contributed by atoms with van der Waals surface area (Å²) in [4.78, 5) is 37.3. The van der Waals surface area contributed by atoms with Gasteiger partial charge in [0.2, 0.25) is 5.82 Å². The molecule has 2 aliphatic rings. The first kappa shape index (κ1) is 27.7. The molecule has 2 atom stereocenters. The minimum absolute atomic E-state index is 0.000777. The first-order chi connectivity index (χ1) is 18.0. The molecule has 1 N–H and O–H groups in total. The highest BCUT2D eigenvalue weighted by Crippen LogP contribution is 2.53. The summed E-state index contributed by atoms with van der Waals surface area (Å²) >= 11 is 0. The number of ether oxygens (including phenoxy) is 1. The van der Waals surface area contributed by atoms with Gasteiger partial charge in [-0.15, -0.1) is 0 Å². The van der Waals surface area contributed by atoms with Crippen molar-refractivity contribution in [3.05, 3.63) is 42.0 Å². The molecule has 9 nitrogen and oxygen atoms in total. The maximum atomic E-state index is 14.9. The molecule has 1 saturated carbocycles. The standard InChI is InChI=1S/C27H35F2N5O4/c1-27(6-7-27)22-11-17(5-8-34(22)26(36)37)16-38-23-20(28)12-18(13-21(23)29)19-14-30-24(31-15-19)25(35)33(4)10-9-32(2)3/h12-15,17,22H,5-11,16H2,1-4H3,(H,36,37). The van der Waals surface area contributed by atoms with Gasteiger partial charge in [-0.25, -0.2) is 23.5 Å². The van der Waals surface area contributed by atoms with Gasteiger partial charge in [-0.2, -0.15) is 0 Å². The van der Waals surface area contributed by atoms with Crippen LogP contribution in [-0.4, -0.2) is 95.2 Å². The van der Waals surface area contributed by atoms with Crippen molar-refractivity contribution in [1.82, 2.24) is 24.7 Å². The van der Waals surface area contributed by atoms with Crippen LogP contribution >= 0.6 is 0 Å². The molecule has 2 aromatic rings. The van der Waals surface area contributed by atoms with Crippen LogP contribution in [0.1, 0.15) is 43.2 Å². The number of benzene rings is 1. The molecule has 2 amide bonds. The lowest BCUT2D eigenvalue weighted by Crippen LogP contribution is -2.50. The number of aromatic nitrogens is 2. The number of likely N-dealkylation sites (N-methyl/N-ethyl adjacent to an activating group) is 2. The van der Waals surface area contributed by atoms with Crippen molar-refractivity contribution in [2.45, 2.75) is 38.6 Å². The van der Waals surface area contributed by atoms with Gasteiger partial charge in [-0.1, -0.05) is 6.92 Å². The van der Waals surface area contributed by atoms with E-state index in [1.165, 1.54) is 22.2 Å². The van der Waals surface area contributed by atoms with E-state index in [9.17, 15) is 23.5 Å². The Balaban J connectivity index is 1.40. The van der Waals surface area contributed by atoms with Gasteiger partial charge in [-0.3, -0.25) is 4.79 Å². The van der Waals surface area contributed by atoms with E-state index in [1.54, 1.807) is 7.05 Å². The number of carbonyl (C=O) groups excluding carboxylic acids is 1. The molecular formula is C27H35F2N5O4. The predicted molar refractivity (Wildman–Crippen MR) is 137 cm³/mol. The number of hydrogen-bond donors (Lipinski definition) is 1. The number of piperidine rings is 1. The van der Waals surface area contributed by atoms with Crippen molar-refractivity contribution in [2.24, 2.45) is 11.3 Å². The van der Waals surface area contributed by atoms with E-state index in [-0.39, 0.29) is 41.3 Å². The summed E-state index contributed by atoms with van der Waals surface area (Å²) in [6.07, 6.45) is 4.95. The predicted octanol–water partition coefficient (Wildman–Crippen LogP) is 3.99. The van der Waals surface area contributed by atoms with Gasteiger partial charge in [-0.05, 0) is 68.8 Å². The molecule has 4 rings (SSSR count). The van der Waals surface area contributed by atoms with Gasteiger partial charge in [0.15, 0.2) is 17.4 Å². The van der Waals surface area contributed by atoms with Crippen LogP contribution < -0.4 is 4.74 Å². The van der Waals surface area contributed by atoms with E-state index < -0.39 is 23.5 Å². The third-order valence-corrected chi connectivity index (χ3v) is 7.67. The molecule has 0 radical (unpaired) electrons. The molecule has 2 heterocycles. The van der Waals surface area contributed by atoms with Gasteiger partial charge in [0.05, 0.1) is 6.61 Å². The number of rotatable bonds is 9. The number of carboxylic acid groups (broad SMARTS) is 1. The Morgan fingerprint density at radius 1 is 1.11 bits per heavy atom. The van der Waals surface area contributed by atoms with E-state index in [0.717, 1.165) is 25.0 Å². The molecule has 11 heteroatoms. The normalized spacial score (nSPS) is 20.3. The molecule has 1 aromatic heterocycles. The highest BCUT2D eigenvalue weighted by Gasteiger charge is 2.50. The van der Waals surface area contributed by atoms with Crippen LogP contribution in [0.5, 0.6) is 5.75 Å². The van der Waals surface area contributed by atoms with Gasteiger partial charge in [0.1, 0.15) is 0 Å². The third kappa shape index (κ3) is 6.20. The molecule has 206 valence electrons. The second-order valence-corrected chi connectivity index (χ2v) is 10.9. The van der Waals surface area contributed by atoms with Crippen molar-refractivity contribution in [1.29, 1.82) is 0 Å². The van der Waals surface area contributed by atoms with Crippen LogP contribution in [0.2, 0.25) is 0 Å². The second-order valence-electron chi connectivity index (χ2n) is 10.9. The molecule has 0 bridgehead atoms. The summed E-state index contributed by atoms with van der Waals surface area (Å²) in [5, 5.41) is 9.56. The fourth-order valence-corrected chi connectivity index (χ4v) is 4.89. The van der Waals surface area contributed by atoms with Gasteiger partial charge in [0.25, 0.3) is 5.91 Å². The van der Waals surface area contributed by atoms with E-state index in [2.05, 4.69) is 16.9 Å². The zero-order chi connectivity index (χ0) is 27.6. The minimum Gasteiger partial charge on any atom is -0.487 e. The summed E-state index contributed by atoms with van der Waals surface area (Å²) < 4.78 is 35.4. The van der Waals surface area contributed by atoms with E-state index >= 15 is 0 Å². The molecule has 1 aromatic carbocycles. The van der Waals surface area contributed by atoms with Gasteiger partial charge < -0.3 is 24.5 Å². The lowest BCUT2D eigenvalue weighted by molar-refractivity contribution is 0.0480. The Labute approximate surface area is 221 Å². The third-order valence-electron chi connectivity index (χ3n) is 7.67. The van der Waals surface area contributed by atoms with Gasteiger partial charge >= 0.3 is 6.09 Å². The Bertz CT molecular complexity index is 1150. The van der Waals surface area contributed by atoms with E-state index in [0.29, 0.717) is 38.0 Å². The van der Waals surface area contributed by atoms with Gasteiger partial charge in [0, 0.05) is 50.7 Å². The maximum absolute atomic E-state index is 14.9. The lowest BCUT2D eigenvalue weighted by Gasteiger charge is -2.41. The van der Waals surface area contributed by atoms with Crippen molar-refractivity contribution in [3.8, 4) is 16.9 Å². The molecule has 1 saturated heterocycles. The van der Waals surface area contributed by atoms with E-state index in [1.807, 2.05) is 19.0 Å². The van der Waals surface area contributed by atoms with Crippen molar-refractivity contribution in [2.75, 3.05) is 47.4 Å². The fraction of sp³-hybridized carbons (Fsp3) is 0.556. The van der Waals surface area contributed by atoms with E-state index in [4.69, 9.17) is 4.74 Å². The van der Waals surface area contributed by atoms with Crippen LogP contribution in [0.4, 0.5) is 13.6 Å². The molecule has 1 aliphatic heterocycles. The van der Waals surface area contributed by atoms with Crippen molar-refractivity contribution < 1.29 is 28.2 Å². The Kier molecular flexibility index (Phi) is 8.15. The minimum atomic E-state index is -0.923. The number of carbonyl (C=O) groups is 2. The van der Waals surface area contributed by atoms with Crippen LogP contribution in [0, 0.1) is 23.0 Å². The number of hydrogen-bond acceptors (Lipinski definition) is 6. The first-order valence-corrected chi connectivity index (χ1v) is 12.8. The highest BCUT2D eigenvalue weighted by molar-refractivity contribution is 5.90. The average Bonchev–Trinajstić information content (AvgIpc) is 3.64. The van der Waals surface area contributed by atoms with Crippen molar-refractivity contribution in [3.63, 3.8) is 0 Å². The Morgan fingerprint density at radius 3 is 2.29 bits per heavy atom. The SMILES string of the molecule is CN(C)CCN(C)C(=O)c1ncc(-c2cc(F)c(OCC3CCN(C(=O)O)C(C4(C)CC4)C3)c(F)c2)cn1. The summed E-state index contributed by atoms with van der Waals surface area (Å²) in [5.41, 5.74) is 0.561. The summed E-state index contributed by atoms with van der Waals surface area (Å²) in [7, 11) is 5.48. The monoisotopic (exact) mass is 531 g/mol. The number of nitrogens with zero attached hydrogens (tertiary/aromatic N) is 5. The lowest BCUT2D eigenvalue weighted by atomic mass is 9.83.